The van der Waals surface area contributed by atoms with Gasteiger partial charge in [-0.15, -0.1) is 0 Å². The van der Waals surface area contributed by atoms with E-state index in [9.17, 15) is 9.59 Å². The van der Waals surface area contributed by atoms with Crippen molar-refractivity contribution in [1.29, 1.82) is 0 Å². The first-order chi connectivity index (χ1) is 20.0. The average Bonchev–Trinajstić information content (AvgIpc) is 3.60. The number of benzene rings is 4. The van der Waals surface area contributed by atoms with Crippen LogP contribution in [0.3, 0.4) is 0 Å². The van der Waals surface area contributed by atoms with Crippen LogP contribution in [0.1, 0.15) is 45.7 Å². The van der Waals surface area contributed by atoms with E-state index in [0.29, 0.717) is 32.9 Å². The number of nitrogens with one attached hydrogen (secondary N) is 2. The van der Waals surface area contributed by atoms with Crippen LogP contribution in [-0.4, -0.2) is 21.8 Å². The maximum Gasteiger partial charge on any atom is 0.257 e. The first-order valence-corrected chi connectivity index (χ1v) is 14.9. The number of carbonyl (C=O) groups excluding carboxylic acids is 2. The molecule has 2 heterocycles. The number of fused-ring (bicyclic) bond motifs is 2. The maximum absolute atomic E-state index is 12.8. The summed E-state index contributed by atoms with van der Waals surface area (Å²) in [6.07, 6.45) is 1.77. The van der Waals surface area contributed by atoms with E-state index in [-0.39, 0.29) is 11.8 Å². The molecule has 9 heteroatoms. The predicted molar refractivity (Wildman–Crippen MR) is 167 cm³/mol. The third-order valence-electron chi connectivity index (χ3n) is 6.68. The van der Waals surface area contributed by atoms with Crippen molar-refractivity contribution in [2.24, 2.45) is 0 Å². The van der Waals surface area contributed by atoms with Crippen molar-refractivity contribution < 1.29 is 14.3 Å². The van der Waals surface area contributed by atoms with E-state index in [1.807, 2.05) is 24.3 Å². The number of ether oxygens (including phenoxy) is 1. The van der Waals surface area contributed by atoms with Gasteiger partial charge >= 0.3 is 0 Å². The molecule has 0 bridgehead atoms. The van der Waals surface area contributed by atoms with E-state index in [2.05, 4.69) is 46.6 Å². The Hall–Kier alpha value is -4.60. The fourth-order valence-corrected chi connectivity index (χ4v) is 6.33. The minimum Gasteiger partial charge on any atom is -0.457 e. The van der Waals surface area contributed by atoms with Gasteiger partial charge in [-0.05, 0) is 84.6 Å². The lowest BCUT2D eigenvalue weighted by Crippen LogP contribution is -2.11. The van der Waals surface area contributed by atoms with Gasteiger partial charge in [0.05, 0.1) is 20.4 Å². The summed E-state index contributed by atoms with van der Waals surface area (Å²) in [6.45, 7) is 4.18. The monoisotopic (exact) mass is 578 g/mol. The van der Waals surface area contributed by atoms with E-state index in [1.54, 1.807) is 48.5 Å². The van der Waals surface area contributed by atoms with Crippen molar-refractivity contribution in [2.75, 3.05) is 10.6 Å². The Morgan fingerprint density at radius 1 is 0.634 bits per heavy atom. The number of aromatic nitrogens is 2. The maximum atomic E-state index is 12.8. The van der Waals surface area contributed by atoms with Crippen LogP contribution in [-0.2, 0) is 12.8 Å². The van der Waals surface area contributed by atoms with Crippen LogP contribution < -0.4 is 15.4 Å². The quantitative estimate of drug-likeness (QED) is 0.189. The zero-order chi connectivity index (χ0) is 28.3. The molecule has 6 aromatic rings. The van der Waals surface area contributed by atoms with Gasteiger partial charge in [-0.3, -0.25) is 20.2 Å². The number of nitrogens with zero attached hydrogens (tertiary/aromatic N) is 2. The number of amides is 2. The number of anilines is 2. The standard InChI is InChI=1S/C32H26N4O3S2/c1-3-19-7-5-9-25-27(19)33-31(40-25)35-29(37)21-11-15-23(16-12-21)39-24-17-13-22(14-18-24)30(38)36-32-34-28-20(4-2)8-6-10-26(28)41-32/h5-18H,3-4H2,1-2H3,(H,33,35,37)(H,34,36,38). The van der Waals surface area contributed by atoms with Crippen molar-refractivity contribution in [3.05, 3.63) is 107 Å². The van der Waals surface area contributed by atoms with Gasteiger partial charge in [-0.2, -0.15) is 0 Å². The van der Waals surface area contributed by atoms with Crippen molar-refractivity contribution >= 4 is 65.2 Å². The Bertz CT molecular complexity index is 1740. The first kappa shape index (κ1) is 26.6. The van der Waals surface area contributed by atoms with Crippen LogP contribution in [0, 0.1) is 0 Å². The molecule has 204 valence electrons. The van der Waals surface area contributed by atoms with Crippen LogP contribution >= 0.6 is 22.7 Å². The number of rotatable bonds is 8. The van der Waals surface area contributed by atoms with E-state index < -0.39 is 0 Å². The molecule has 0 saturated heterocycles. The highest BCUT2D eigenvalue weighted by atomic mass is 32.1. The zero-order valence-electron chi connectivity index (χ0n) is 22.4. The third kappa shape index (κ3) is 5.68. The van der Waals surface area contributed by atoms with Gasteiger partial charge in [0.15, 0.2) is 10.3 Å². The third-order valence-corrected chi connectivity index (χ3v) is 8.55. The topological polar surface area (TPSA) is 93.2 Å². The number of aryl methyl sites for hydroxylation is 2. The number of carbonyl (C=O) groups is 2. The fourth-order valence-electron chi connectivity index (χ4n) is 4.51. The molecule has 0 aliphatic carbocycles. The Balaban J connectivity index is 1.07. The number of para-hydroxylation sites is 2. The average molecular weight is 579 g/mol. The molecule has 0 atom stereocenters. The number of hydrogen-bond acceptors (Lipinski definition) is 7. The molecule has 4 aromatic carbocycles. The van der Waals surface area contributed by atoms with Gasteiger partial charge < -0.3 is 4.74 Å². The molecule has 2 N–H and O–H groups in total. The van der Waals surface area contributed by atoms with Gasteiger partial charge in [0.2, 0.25) is 0 Å². The van der Waals surface area contributed by atoms with Crippen LogP contribution in [0.4, 0.5) is 10.3 Å². The molecule has 0 aliphatic heterocycles. The lowest BCUT2D eigenvalue weighted by atomic mass is 10.1. The molecule has 0 fully saturated rings. The molecule has 0 radical (unpaired) electrons. The Morgan fingerprint density at radius 2 is 1.05 bits per heavy atom. The molecule has 0 aliphatic rings. The van der Waals surface area contributed by atoms with E-state index in [1.165, 1.54) is 22.7 Å². The molecule has 2 aromatic heterocycles. The van der Waals surface area contributed by atoms with Gasteiger partial charge in [-0.25, -0.2) is 9.97 Å². The summed E-state index contributed by atoms with van der Waals surface area (Å²) in [5, 5.41) is 6.95. The Kier molecular flexibility index (Phi) is 7.45. The fraction of sp³-hybridized carbons (Fsp3) is 0.125. The lowest BCUT2D eigenvalue weighted by molar-refractivity contribution is 0.101. The van der Waals surface area contributed by atoms with E-state index >= 15 is 0 Å². The normalized spacial score (nSPS) is 11.1. The summed E-state index contributed by atoms with van der Waals surface area (Å²) in [7, 11) is 0. The van der Waals surface area contributed by atoms with E-state index in [4.69, 9.17) is 4.74 Å². The number of hydrogen-bond donors (Lipinski definition) is 2. The second-order valence-corrected chi connectivity index (χ2v) is 11.4. The largest absolute Gasteiger partial charge is 0.457 e. The Morgan fingerprint density at radius 3 is 1.44 bits per heavy atom. The summed E-state index contributed by atoms with van der Waals surface area (Å²) < 4.78 is 8.03. The Labute approximate surface area is 244 Å². The van der Waals surface area contributed by atoms with Crippen molar-refractivity contribution in [1.82, 2.24) is 9.97 Å². The molecule has 0 unspecified atom stereocenters. The molecule has 7 nitrogen and oxygen atoms in total. The highest BCUT2D eigenvalue weighted by Gasteiger charge is 2.14. The molecular weight excluding hydrogens is 553 g/mol. The molecule has 0 spiro atoms. The van der Waals surface area contributed by atoms with Gasteiger partial charge in [0, 0.05) is 11.1 Å². The van der Waals surface area contributed by atoms with Gasteiger partial charge in [-0.1, -0.05) is 60.8 Å². The predicted octanol–water partition coefficient (Wildman–Crippen LogP) is 8.33. The molecule has 6 rings (SSSR count). The molecular formula is C32H26N4O3S2. The highest BCUT2D eigenvalue weighted by molar-refractivity contribution is 7.22. The van der Waals surface area contributed by atoms with Crippen LogP contribution in [0.25, 0.3) is 20.4 Å². The van der Waals surface area contributed by atoms with E-state index in [0.717, 1.165) is 44.4 Å². The second kappa shape index (κ2) is 11.5. The summed E-state index contributed by atoms with van der Waals surface area (Å²) in [5.41, 5.74) is 5.19. The SMILES string of the molecule is CCc1cccc2sc(NC(=O)c3ccc(Oc4ccc(C(=O)Nc5nc6c(CC)cccc6s5)cc4)cc3)nc12. The first-order valence-electron chi connectivity index (χ1n) is 13.3. The smallest absolute Gasteiger partial charge is 0.257 e. The summed E-state index contributed by atoms with van der Waals surface area (Å²) in [6, 6.07) is 25.9. The summed E-state index contributed by atoms with van der Waals surface area (Å²) in [5.74, 6) is 0.686. The lowest BCUT2D eigenvalue weighted by Gasteiger charge is -2.08. The summed E-state index contributed by atoms with van der Waals surface area (Å²) >= 11 is 2.92. The molecule has 0 saturated carbocycles. The highest BCUT2D eigenvalue weighted by Crippen LogP contribution is 2.30. The summed E-state index contributed by atoms with van der Waals surface area (Å²) in [4.78, 5) is 34.8. The van der Waals surface area contributed by atoms with Gasteiger partial charge in [0.25, 0.3) is 11.8 Å². The van der Waals surface area contributed by atoms with Crippen LogP contribution in [0.15, 0.2) is 84.9 Å². The zero-order valence-corrected chi connectivity index (χ0v) is 24.1. The molecule has 2 amide bonds. The van der Waals surface area contributed by atoms with Gasteiger partial charge in [0.1, 0.15) is 11.5 Å². The molecule has 41 heavy (non-hydrogen) atoms. The van der Waals surface area contributed by atoms with Crippen molar-refractivity contribution in [3.63, 3.8) is 0 Å². The minimum atomic E-state index is -0.233. The second-order valence-electron chi connectivity index (χ2n) is 9.33. The van der Waals surface area contributed by atoms with Crippen LogP contribution in [0.2, 0.25) is 0 Å². The van der Waals surface area contributed by atoms with Crippen molar-refractivity contribution in [2.45, 2.75) is 26.7 Å². The number of thiazole rings is 2. The van der Waals surface area contributed by atoms with Crippen molar-refractivity contribution in [3.8, 4) is 11.5 Å². The van der Waals surface area contributed by atoms with Crippen LogP contribution in [0.5, 0.6) is 11.5 Å². The minimum absolute atomic E-state index is 0.233.